The number of ether oxygens (including phenoxy) is 2. The number of esters is 2. The number of hydrogen-bond donors (Lipinski definition) is 1. The summed E-state index contributed by atoms with van der Waals surface area (Å²) in [4.78, 5) is 37.2. The van der Waals surface area contributed by atoms with E-state index in [9.17, 15) is 14.4 Å². The lowest BCUT2D eigenvalue weighted by Crippen LogP contribution is -2.42. The highest BCUT2D eigenvalue weighted by Crippen LogP contribution is 2.35. The number of rotatable bonds is 8. The molecule has 0 aromatic heterocycles. The summed E-state index contributed by atoms with van der Waals surface area (Å²) < 4.78 is 10.0. The third kappa shape index (κ3) is 4.21. The molecule has 32 heavy (non-hydrogen) atoms. The van der Waals surface area contributed by atoms with Crippen LogP contribution in [0.5, 0.6) is 0 Å². The van der Waals surface area contributed by atoms with E-state index in [0.717, 1.165) is 26.9 Å². The van der Waals surface area contributed by atoms with Gasteiger partial charge in [0.15, 0.2) is 0 Å². The molecule has 0 saturated carbocycles. The van der Waals surface area contributed by atoms with E-state index >= 15 is 0 Å². The largest absolute Gasteiger partial charge is 0.466 e. The van der Waals surface area contributed by atoms with Gasteiger partial charge in [0.25, 0.3) is 5.91 Å². The van der Waals surface area contributed by atoms with Crippen molar-refractivity contribution >= 4 is 50.2 Å². The van der Waals surface area contributed by atoms with E-state index in [4.69, 9.17) is 9.47 Å². The van der Waals surface area contributed by atoms with Gasteiger partial charge in [0.2, 0.25) is 0 Å². The second-order valence-corrected chi connectivity index (χ2v) is 7.63. The minimum atomic E-state index is -0.933. The van der Waals surface area contributed by atoms with Gasteiger partial charge in [0.1, 0.15) is 6.04 Å². The van der Waals surface area contributed by atoms with E-state index in [2.05, 4.69) is 17.4 Å². The lowest BCUT2D eigenvalue weighted by atomic mass is 9.93. The summed E-state index contributed by atoms with van der Waals surface area (Å²) in [5, 5.41) is 9.24. The van der Waals surface area contributed by atoms with E-state index in [1.807, 2.05) is 42.5 Å². The van der Waals surface area contributed by atoms with Crippen LogP contribution in [0, 0.1) is 0 Å². The predicted molar refractivity (Wildman–Crippen MR) is 124 cm³/mol. The topological polar surface area (TPSA) is 81.7 Å². The second kappa shape index (κ2) is 9.22. The Balaban J connectivity index is 1.63. The van der Waals surface area contributed by atoms with Gasteiger partial charge < -0.3 is 14.8 Å². The van der Waals surface area contributed by atoms with Gasteiger partial charge in [-0.1, -0.05) is 42.5 Å². The number of nitrogens with one attached hydrogen (secondary N) is 1. The molecule has 0 spiro atoms. The van der Waals surface area contributed by atoms with Crippen molar-refractivity contribution < 1.29 is 23.9 Å². The molecule has 1 unspecified atom stereocenters. The molecule has 0 saturated heterocycles. The van der Waals surface area contributed by atoms with E-state index < -0.39 is 23.9 Å². The first-order valence-electron chi connectivity index (χ1n) is 10.8. The van der Waals surface area contributed by atoms with Gasteiger partial charge in [-0.15, -0.1) is 0 Å². The molecule has 4 aromatic carbocycles. The Morgan fingerprint density at radius 2 is 1.38 bits per heavy atom. The molecule has 1 N–H and O–H groups in total. The van der Waals surface area contributed by atoms with Crippen LogP contribution in [0.1, 0.15) is 37.0 Å². The third-order valence-electron chi connectivity index (χ3n) is 5.54. The first-order chi connectivity index (χ1) is 15.5. The molecule has 1 atom stereocenters. The zero-order chi connectivity index (χ0) is 22.7. The van der Waals surface area contributed by atoms with Crippen LogP contribution in [0.3, 0.4) is 0 Å². The molecule has 6 nitrogen and oxygen atoms in total. The van der Waals surface area contributed by atoms with Gasteiger partial charge in [0, 0.05) is 12.0 Å². The maximum absolute atomic E-state index is 13.1. The summed E-state index contributed by atoms with van der Waals surface area (Å²) in [6, 6.07) is 17.0. The van der Waals surface area contributed by atoms with Crippen LogP contribution in [-0.2, 0) is 19.1 Å². The van der Waals surface area contributed by atoms with Crippen LogP contribution in [0.25, 0.3) is 32.3 Å². The van der Waals surface area contributed by atoms with Crippen LogP contribution in [0.15, 0.2) is 54.6 Å². The van der Waals surface area contributed by atoms with Gasteiger partial charge in [-0.05, 0) is 64.7 Å². The predicted octanol–water partition coefficient (Wildman–Crippen LogP) is 4.59. The molecule has 0 aliphatic heterocycles. The van der Waals surface area contributed by atoms with Crippen LogP contribution in [0.2, 0.25) is 0 Å². The van der Waals surface area contributed by atoms with Crippen molar-refractivity contribution in [3.63, 3.8) is 0 Å². The molecule has 0 bridgehead atoms. The van der Waals surface area contributed by atoms with Crippen molar-refractivity contribution in [2.75, 3.05) is 13.2 Å². The summed E-state index contributed by atoms with van der Waals surface area (Å²) in [5.41, 5.74) is 0.446. The Bertz CT molecular complexity index is 1230. The van der Waals surface area contributed by atoms with E-state index in [-0.39, 0.29) is 26.1 Å². The van der Waals surface area contributed by atoms with E-state index in [1.165, 1.54) is 5.39 Å². The molecule has 1 amide bonds. The van der Waals surface area contributed by atoms with Crippen LogP contribution in [-0.4, -0.2) is 37.1 Å². The molecule has 0 heterocycles. The van der Waals surface area contributed by atoms with Crippen molar-refractivity contribution in [1.29, 1.82) is 0 Å². The number of hydrogen-bond acceptors (Lipinski definition) is 5. The van der Waals surface area contributed by atoms with Crippen molar-refractivity contribution in [3.8, 4) is 0 Å². The SMILES string of the molecule is CCOC(=O)CCC(NC(=O)c1cc2ccc3cccc4ccc(c1)c2c34)C(=O)OCC. The Morgan fingerprint density at radius 1 is 0.812 bits per heavy atom. The normalized spacial score (nSPS) is 12.2. The highest BCUT2D eigenvalue weighted by atomic mass is 16.5. The maximum Gasteiger partial charge on any atom is 0.328 e. The fourth-order valence-electron chi connectivity index (χ4n) is 4.11. The summed E-state index contributed by atoms with van der Waals surface area (Å²) in [7, 11) is 0. The first-order valence-corrected chi connectivity index (χ1v) is 10.8. The van der Waals surface area contributed by atoms with Gasteiger partial charge in [0.05, 0.1) is 13.2 Å². The quantitative estimate of drug-likeness (QED) is 0.326. The van der Waals surface area contributed by atoms with Gasteiger partial charge in [-0.3, -0.25) is 9.59 Å². The molecule has 0 aliphatic rings. The zero-order valence-corrected chi connectivity index (χ0v) is 18.1. The van der Waals surface area contributed by atoms with Crippen molar-refractivity contribution in [2.24, 2.45) is 0 Å². The minimum Gasteiger partial charge on any atom is -0.466 e. The average Bonchev–Trinajstić information content (AvgIpc) is 2.80. The van der Waals surface area contributed by atoms with Crippen LogP contribution in [0.4, 0.5) is 0 Å². The number of carbonyl (C=O) groups is 3. The standard InChI is InChI=1S/C26H25NO5/c1-3-31-22(28)13-12-21(26(30)32-4-2)27-25(29)20-14-18-10-8-16-6-5-7-17-9-11-19(15-20)24(18)23(16)17/h5-11,14-15,21H,3-4,12-13H2,1-2H3,(H,27,29). The molecular formula is C26H25NO5. The molecular weight excluding hydrogens is 406 g/mol. The highest BCUT2D eigenvalue weighted by molar-refractivity contribution is 6.24. The maximum atomic E-state index is 13.1. The number of amides is 1. The smallest absolute Gasteiger partial charge is 0.328 e. The Hall–Kier alpha value is -3.67. The lowest BCUT2D eigenvalue weighted by Gasteiger charge is -2.18. The fourth-order valence-corrected chi connectivity index (χ4v) is 4.11. The highest BCUT2D eigenvalue weighted by Gasteiger charge is 2.24. The number of benzene rings is 4. The minimum absolute atomic E-state index is 0.0120. The molecule has 4 aromatic rings. The summed E-state index contributed by atoms with van der Waals surface area (Å²) in [6.45, 7) is 3.86. The van der Waals surface area contributed by atoms with Crippen molar-refractivity contribution in [1.82, 2.24) is 5.32 Å². The van der Waals surface area contributed by atoms with E-state index in [1.54, 1.807) is 13.8 Å². The summed E-state index contributed by atoms with van der Waals surface area (Å²) in [6.07, 6.45) is 0.121. The molecule has 6 heteroatoms. The summed E-state index contributed by atoms with van der Waals surface area (Å²) in [5.74, 6) is -1.38. The number of carbonyl (C=O) groups excluding carboxylic acids is 3. The van der Waals surface area contributed by atoms with Crippen LogP contribution < -0.4 is 5.32 Å². The zero-order valence-electron chi connectivity index (χ0n) is 18.1. The fraction of sp³-hybridized carbons (Fsp3) is 0.269. The lowest BCUT2D eigenvalue weighted by molar-refractivity contribution is -0.146. The van der Waals surface area contributed by atoms with Gasteiger partial charge in [-0.25, -0.2) is 4.79 Å². The first kappa shape index (κ1) is 21.6. The molecule has 0 radical (unpaired) electrons. The van der Waals surface area contributed by atoms with Gasteiger partial charge in [-0.2, -0.15) is 0 Å². The Kier molecular flexibility index (Phi) is 6.21. The molecule has 0 fully saturated rings. The average molecular weight is 431 g/mol. The Labute approximate surface area is 185 Å². The Morgan fingerprint density at radius 3 is 1.97 bits per heavy atom. The molecule has 164 valence electrons. The van der Waals surface area contributed by atoms with Crippen molar-refractivity contribution in [3.05, 3.63) is 60.2 Å². The van der Waals surface area contributed by atoms with Crippen LogP contribution >= 0.6 is 0 Å². The molecule has 4 rings (SSSR count). The van der Waals surface area contributed by atoms with Crippen molar-refractivity contribution in [2.45, 2.75) is 32.7 Å². The third-order valence-corrected chi connectivity index (χ3v) is 5.54. The van der Waals surface area contributed by atoms with E-state index in [0.29, 0.717) is 5.56 Å². The summed E-state index contributed by atoms with van der Waals surface area (Å²) >= 11 is 0. The van der Waals surface area contributed by atoms with Gasteiger partial charge >= 0.3 is 11.9 Å². The second-order valence-electron chi connectivity index (χ2n) is 7.63. The molecule has 0 aliphatic carbocycles. The monoisotopic (exact) mass is 431 g/mol.